The molecule has 1 aliphatic carbocycles. The molecule has 2 aliphatic rings. The summed E-state index contributed by atoms with van der Waals surface area (Å²) < 4.78 is 0. The van der Waals surface area contributed by atoms with E-state index in [1.165, 1.54) is 6.42 Å². The molecule has 2 rings (SSSR count). The minimum absolute atomic E-state index is 0.188. The van der Waals surface area contributed by atoms with E-state index in [9.17, 15) is 9.90 Å². The summed E-state index contributed by atoms with van der Waals surface area (Å²) >= 11 is 0. The first-order chi connectivity index (χ1) is 9.16. The molecule has 1 amide bonds. The number of hydrogen-bond acceptors (Lipinski definition) is 4. The highest BCUT2D eigenvalue weighted by Crippen LogP contribution is 2.30. The van der Waals surface area contributed by atoms with Gasteiger partial charge in [-0.3, -0.25) is 9.69 Å². The topological polar surface area (TPSA) is 78.6 Å². The van der Waals surface area contributed by atoms with Gasteiger partial charge in [-0.1, -0.05) is 12.8 Å². The van der Waals surface area contributed by atoms with Crippen molar-refractivity contribution in [3.63, 3.8) is 0 Å². The van der Waals surface area contributed by atoms with Crippen LogP contribution < -0.4 is 11.1 Å². The molecule has 3 atom stereocenters. The zero-order valence-corrected chi connectivity index (χ0v) is 11.7. The standard InChI is InChI=1S/C14H27N3O2/c15-14(19)10-12(17-7-5-16-6-8-17)9-11-3-1-2-4-13(11)18/h11-13,16,18H,1-10H2,(H2,15,19). The first-order valence-corrected chi connectivity index (χ1v) is 7.58. The number of aliphatic hydroxyl groups excluding tert-OH is 1. The number of primary amides is 1. The number of nitrogens with two attached hydrogens (primary N) is 1. The molecule has 0 aromatic heterocycles. The predicted molar refractivity (Wildman–Crippen MR) is 74.6 cm³/mol. The Morgan fingerprint density at radius 1 is 1.32 bits per heavy atom. The molecule has 4 N–H and O–H groups in total. The highest BCUT2D eigenvalue weighted by molar-refractivity contribution is 5.74. The van der Waals surface area contributed by atoms with Crippen molar-refractivity contribution in [2.75, 3.05) is 26.2 Å². The van der Waals surface area contributed by atoms with Crippen molar-refractivity contribution in [3.05, 3.63) is 0 Å². The van der Waals surface area contributed by atoms with Gasteiger partial charge in [-0.15, -0.1) is 0 Å². The second-order valence-electron chi connectivity index (χ2n) is 5.96. The average Bonchev–Trinajstić information content (AvgIpc) is 2.41. The van der Waals surface area contributed by atoms with Gasteiger partial charge in [-0.2, -0.15) is 0 Å². The van der Waals surface area contributed by atoms with Crippen LogP contribution in [0.2, 0.25) is 0 Å². The molecule has 3 unspecified atom stereocenters. The van der Waals surface area contributed by atoms with E-state index < -0.39 is 0 Å². The molecular formula is C14H27N3O2. The van der Waals surface area contributed by atoms with E-state index in [1.54, 1.807) is 0 Å². The van der Waals surface area contributed by atoms with Gasteiger partial charge in [-0.25, -0.2) is 0 Å². The summed E-state index contributed by atoms with van der Waals surface area (Å²) in [7, 11) is 0. The van der Waals surface area contributed by atoms with Gasteiger partial charge < -0.3 is 16.2 Å². The second-order valence-corrected chi connectivity index (χ2v) is 5.96. The van der Waals surface area contributed by atoms with Gasteiger partial charge in [0.05, 0.1) is 6.10 Å². The predicted octanol–water partition coefficient (Wildman–Crippen LogP) is 0.0768. The van der Waals surface area contributed by atoms with Gasteiger partial charge in [0, 0.05) is 38.6 Å². The number of aliphatic hydroxyl groups is 1. The lowest BCUT2D eigenvalue weighted by Gasteiger charge is -2.38. The molecule has 2 fully saturated rings. The fraction of sp³-hybridized carbons (Fsp3) is 0.929. The van der Waals surface area contributed by atoms with E-state index in [0.29, 0.717) is 12.3 Å². The molecule has 5 heteroatoms. The van der Waals surface area contributed by atoms with Gasteiger partial charge in [0.25, 0.3) is 0 Å². The van der Waals surface area contributed by atoms with Gasteiger partial charge in [0.2, 0.25) is 5.91 Å². The van der Waals surface area contributed by atoms with Crippen LogP contribution in [0.5, 0.6) is 0 Å². The van der Waals surface area contributed by atoms with E-state index in [0.717, 1.165) is 51.9 Å². The Balaban J connectivity index is 1.93. The molecule has 0 bridgehead atoms. The first kappa shape index (κ1) is 14.8. The highest BCUT2D eigenvalue weighted by atomic mass is 16.3. The van der Waals surface area contributed by atoms with Crippen LogP contribution in [-0.2, 0) is 4.79 Å². The fourth-order valence-electron chi connectivity index (χ4n) is 3.45. The Morgan fingerprint density at radius 3 is 2.63 bits per heavy atom. The Kier molecular flexibility index (Phi) is 5.60. The Bertz CT molecular complexity index is 292. The first-order valence-electron chi connectivity index (χ1n) is 7.58. The molecule has 110 valence electrons. The van der Waals surface area contributed by atoms with Crippen molar-refractivity contribution >= 4 is 5.91 Å². The summed E-state index contributed by atoms with van der Waals surface area (Å²) in [6.45, 7) is 3.90. The third kappa shape index (κ3) is 4.44. The molecule has 1 heterocycles. The maximum atomic E-state index is 11.3. The minimum atomic E-state index is -0.228. The van der Waals surface area contributed by atoms with Crippen LogP contribution >= 0.6 is 0 Å². The van der Waals surface area contributed by atoms with Crippen LogP contribution in [0.1, 0.15) is 38.5 Å². The molecule has 1 saturated heterocycles. The van der Waals surface area contributed by atoms with E-state index in [4.69, 9.17) is 5.73 Å². The summed E-state index contributed by atoms with van der Waals surface area (Å²) in [5, 5.41) is 13.4. The van der Waals surface area contributed by atoms with E-state index >= 15 is 0 Å². The molecule has 0 aromatic carbocycles. The van der Waals surface area contributed by atoms with E-state index in [1.807, 2.05) is 0 Å². The van der Waals surface area contributed by atoms with Crippen molar-refractivity contribution in [3.8, 4) is 0 Å². The van der Waals surface area contributed by atoms with Crippen LogP contribution in [-0.4, -0.2) is 54.2 Å². The zero-order valence-electron chi connectivity index (χ0n) is 11.7. The summed E-state index contributed by atoms with van der Waals surface area (Å²) in [5.74, 6) is 0.113. The molecule has 0 aromatic rings. The minimum Gasteiger partial charge on any atom is -0.393 e. The van der Waals surface area contributed by atoms with Gasteiger partial charge >= 0.3 is 0 Å². The Hall–Kier alpha value is -0.650. The molecule has 1 aliphatic heterocycles. The average molecular weight is 269 g/mol. The number of carbonyl (C=O) groups excluding carboxylic acids is 1. The van der Waals surface area contributed by atoms with E-state index in [2.05, 4.69) is 10.2 Å². The number of nitrogens with zero attached hydrogens (tertiary/aromatic N) is 1. The quantitative estimate of drug-likeness (QED) is 0.660. The monoisotopic (exact) mass is 269 g/mol. The Labute approximate surface area is 115 Å². The number of amides is 1. The van der Waals surface area contributed by atoms with Gasteiger partial charge in [0.1, 0.15) is 0 Å². The van der Waals surface area contributed by atoms with Gasteiger partial charge in [0.15, 0.2) is 0 Å². The lowest BCUT2D eigenvalue weighted by atomic mass is 9.81. The van der Waals surface area contributed by atoms with Crippen LogP contribution in [0.3, 0.4) is 0 Å². The summed E-state index contributed by atoms with van der Waals surface area (Å²) in [4.78, 5) is 13.7. The fourth-order valence-corrected chi connectivity index (χ4v) is 3.45. The van der Waals surface area contributed by atoms with Crippen molar-refractivity contribution in [1.82, 2.24) is 10.2 Å². The zero-order chi connectivity index (χ0) is 13.7. The number of rotatable bonds is 5. The SMILES string of the molecule is NC(=O)CC(CC1CCCCC1O)N1CCNCC1. The molecule has 0 spiro atoms. The maximum Gasteiger partial charge on any atom is 0.218 e. The summed E-state index contributed by atoms with van der Waals surface area (Å²) in [6.07, 6.45) is 5.47. The molecule has 5 nitrogen and oxygen atoms in total. The number of carbonyl (C=O) groups is 1. The lowest BCUT2D eigenvalue weighted by molar-refractivity contribution is -0.119. The van der Waals surface area contributed by atoms with Crippen LogP contribution in [0, 0.1) is 5.92 Å². The Morgan fingerprint density at radius 2 is 2.00 bits per heavy atom. The third-order valence-corrected chi connectivity index (χ3v) is 4.55. The summed E-state index contributed by atoms with van der Waals surface area (Å²) in [5.41, 5.74) is 5.40. The molecular weight excluding hydrogens is 242 g/mol. The second kappa shape index (κ2) is 7.22. The highest BCUT2D eigenvalue weighted by Gasteiger charge is 2.30. The largest absolute Gasteiger partial charge is 0.393 e. The molecule has 19 heavy (non-hydrogen) atoms. The van der Waals surface area contributed by atoms with E-state index in [-0.39, 0.29) is 18.1 Å². The van der Waals surface area contributed by atoms with Gasteiger partial charge in [-0.05, 0) is 25.2 Å². The normalized spacial score (nSPS) is 31.0. The van der Waals surface area contributed by atoms with Crippen LogP contribution in [0.15, 0.2) is 0 Å². The number of nitrogens with one attached hydrogen (secondary N) is 1. The van der Waals surface area contributed by atoms with Crippen LogP contribution in [0.25, 0.3) is 0 Å². The smallest absolute Gasteiger partial charge is 0.218 e. The van der Waals surface area contributed by atoms with Crippen molar-refractivity contribution in [2.45, 2.75) is 50.7 Å². The number of piperazine rings is 1. The van der Waals surface area contributed by atoms with Crippen molar-refractivity contribution in [2.24, 2.45) is 11.7 Å². The van der Waals surface area contributed by atoms with Crippen molar-refractivity contribution < 1.29 is 9.90 Å². The molecule has 1 saturated carbocycles. The van der Waals surface area contributed by atoms with Crippen molar-refractivity contribution in [1.29, 1.82) is 0 Å². The molecule has 0 radical (unpaired) electrons. The van der Waals surface area contributed by atoms with Crippen LogP contribution in [0.4, 0.5) is 0 Å². The third-order valence-electron chi connectivity index (χ3n) is 4.55. The lowest BCUT2D eigenvalue weighted by Crippen LogP contribution is -2.50. The maximum absolute atomic E-state index is 11.3. The summed E-state index contributed by atoms with van der Waals surface area (Å²) in [6, 6.07) is 0.206. The number of hydrogen-bond donors (Lipinski definition) is 3.